The van der Waals surface area contributed by atoms with Gasteiger partial charge in [-0.15, -0.1) is 0 Å². The maximum Gasteiger partial charge on any atom is 0.234 e. The van der Waals surface area contributed by atoms with Crippen LogP contribution >= 0.6 is 0 Å². The van der Waals surface area contributed by atoms with E-state index in [0.29, 0.717) is 26.3 Å². The van der Waals surface area contributed by atoms with E-state index in [2.05, 4.69) is 22.5 Å². The number of carbonyl (C=O) groups is 2. The summed E-state index contributed by atoms with van der Waals surface area (Å²) in [6.07, 6.45) is 10.0. The summed E-state index contributed by atoms with van der Waals surface area (Å²) in [5, 5.41) is 6.26. The molecular formula is C22H39N3O4. The highest BCUT2D eigenvalue weighted by Crippen LogP contribution is 2.35. The number of hydrogen-bond donors (Lipinski definition) is 2. The molecule has 0 aromatic rings. The van der Waals surface area contributed by atoms with E-state index in [9.17, 15) is 9.59 Å². The van der Waals surface area contributed by atoms with E-state index in [-0.39, 0.29) is 29.6 Å². The molecule has 7 heteroatoms. The highest BCUT2D eigenvalue weighted by Gasteiger charge is 2.40. The van der Waals surface area contributed by atoms with Crippen molar-refractivity contribution in [2.24, 2.45) is 5.92 Å². The molecule has 0 aromatic heterocycles. The Morgan fingerprint density at radius 3 is 2.55 bits per heavy atom. The van der Waals surface area contributed by atoms with Crippen molar-refractivity contribution in [1.29, 1.82) is 0 Å². The molecule has 3 fully saturated rings. The van der Waals surface area contributed by atoms with Gasteiger partial charge < -0.3 is 20.1 Å². The quantitative estimate of drug-likeness (QED) is 0.571. The van der Waals surface area contributed by atoms with Crippen LogP contribution in [0.1, 0.15) is 71.1 Å². The lowest BCUT2D eigenvalue weighted by molar-refractivity contribution is -0.180. The fourth-order valence-electron chi connectivity index (χ4n) is 4.78. The number of unbranched alkanes of at least 4 members (excludes halogenated alkanes) is 3. The van der Waals surface area contributed by atoms with Gasteiger partial charge in [-0.3, -0.25) is 14.5 Å². The van der Waals surface area contributed by atoms with Crippen LogP contribution in [-0.2, 0) is 19.1 Å². The van der Waals surface area contributed by atoms with Gasteiger partial charge in [-0.05, 0) is 38.6 Å². The third kappa shape index (κ3) is 6.93. The Balaban J connectivity index is 1.33. The summed E-state index contributed by atoms with van der Waals surface area (Å²) in [5.41, 5.74) is 0. The minimum Gasteiger partial charge on any atom is -0.356 e. The molecule has 1 spiro atoms. The Morgan fingerprint density at radius 1 is 1.07 bits per heavy atom. The summed E-state index contributed by atoms with van der Waals surface area (Å²) in [5.74, 6) is -0.153. The van der Waals surface area contributed by atoms with E-state index in [0.717, 1.165) is 58.0 Å². The Bertz CT molecular complexity index is 526. The van der Waals surface area contributed by atoms with Crippen LogP contribution in [-0.4, -0.2) is 67.9 Å². The molecule has 2 amide bonds. The second-order valence-corrected chi connectivity index (χ2v) is 8.88. The number of nitrogens with one attached hydrogen (secondary N) is 2. The van der Waals surface area contributed by atoms with Crippen molar-refractivity contribution in [3.63, 3.8) is 0 Å². The third-order valence-corrected chi connectivity index (χ3v) is 6.50. The van der Waals surface area contributed by atoms with Crippen molar-refractivity contribution in [2.45, 2.75) is 83.0 Å². The Kier molecular flexibility index (Phi) is 8.75. The number of carbonyl (C=O) groups excluding carboxylic acids is 2. The molecule has 3 aliphatic rings. The van der Waals surface area contributed by atoms with Crippen LogP contribution in [0.15, 0.2) is 0 Å². The summed E-state index contributed by atoms with van der Waals surface area (Å²) < 4.78 is 11.5. The number of piperidine rings is 1. The van der Waals surface area contributed by atoms with Crippen molar-refractivity contribution >= 4 is 11.8 Å². The molecule has 1 unspecified atom stereocenters. The highest BCUT2D eigenvalue weighted by atomic mass is 16.7. The predicted molar refractivity (Wildman–Crippen MR) is 111 cm³/mol. The lowest BCUT2D eigenvalue weighted by Gasteiger charge is -2.36. The molecule has 29 heavy (non-hydrogen) atoms. The molecule has 7 nitrogen and oxygen atoms in total. The Morgan fingerprint density at radius 2 is 1.83 bits per heavy atom. The number of amides is 2. The number of nitrogens with zero attached hydrogens (tertiary/aromatic N) is 1. The molecule has 3 rings (SSSR count). The third-order valence-electron chi connectivity index (χ3n) is 6.50. The first-order chi connectivity index (χ1) is 14.1. The minimum atomic E-state index is -0.384. The molecule has 0 bridgehead atoms. The standard InChI is InChI=1S/C22H39N3O4/c1-2-3-4-5-12-23-21(27)18-7-6-13-25(16-18)17-20(26)24-19-8-10-22(11-9-19)28-14-15-29-22/h18-19H,2-17H2,1H3,(H,23,27)(H,24,26). The molecule has 2 N–H and O–H groups in total. The van der Waals surface area contributed by atoms with Crippen LogP contribution < -0.4 is 10.6 Å². The van der Waals surface area contributed by atoms with E-state index < -0.39 is 0 Å². The average Bonchev–Trinajstić information content (AvgIpc) is 3.18. The number of ether oxygens (including phenoxy) is 2. The molecule has 1 atom stereocenters. The van der Waals surface area contributed by atoms with Gasteiger partial charge in [0.05, 0.1) is 25.7 Å². The average molecular weight is 410 g/mol. The van der Waals surface area contributed by atoms with Gasteiger partial charge >= 0.3 is 0 Å². The zero-order valence-electron chi connectivity index (χ0n) is 18.0. The molecule has 2 aliphatic heterocycles. The minimum absolute atomic E-state index is 0.00827. The topological polar surface area (TPSA) is 79.9 Å². The van der Waals surface area contributed by atoms with Crippen molar-refractivity contribution in [3.05, 3.63) is 0 Å². The fourth-order valence-corrected chi connectivity index (χ4v) is 4.78. The van der Waals surface area contributed by atoms with Crippen LogP contribution in [0.3, 0.4) is 0 Å². The molecule has 2 heterocycles. The second kappa shape index (κ2) is 11.3. The Hall–Kier alpha value is -1.18. The first kappa shape index (κ1) is 22.5. The lowest BCUT2D eigenvalue weighted by Crippen LogP contribution is -2.49. The van der Waals surface area contributed by atoms with E-state index in [1.54, 1.807) is 0 Å². The smallest absolute Gasteiger partial charge is 0.234 e. The van der Waals surface area contributed by atoms with Gasteiger partial charge in [0.15, 0.2) is 5.79 Å². The van der Waals surface area contributed by atoms with Crippen molar-refractivity contribution < 1.29 is 19.1 Å². The van der Waals surface area contributed by atoms with Gasteiger partial charge in [0.25, 0.3) is 0 Å². The summed E-state index contributed by atoms with van der Waals surface area (Å²) >= 11 is 0. The summed E-state index contributed by atoms with van der Waals surface area (Å²) in [4.78, 5) is 27.1. The van der Waals surface area contributed by atoms with Gasteiger partial charge in [-0.25, -0.2) is 0 Å². The lowest BCUT2D eigenvalue weighted by atomic mass is 9.90. The van der Waals surface area contributed by atoms with Crippen molar-refractivity contribution in [3.8, 4) is 0 Å². The number of likely N-dealkylation sites (tertiary alicyclic amines) is 1. The molecular weight excluding hydrogens is 370 g/mol. The normalized spacial score (nSPS) is 25.2. The first-order valence-corrected chi connectivity index (χ1v) is 11.7. The molecule has 1 saturated carbocycles. The highest BCUT2D eigenvalue weighted by molar-refractivity contribution is 5.80. The largest absolute Gasteiger partial charge is 0.356 e. The molecule has 2 saturated heterocycles. The van der Waals surface area contributed by atoms with Crippen LogP contribution in [0, 0.1) is 5.92 Å². The van der Waals surface area contributed by atoms with Crippen molar-refractivity contribution in [1.82, 2.24) is 15.5 Å². The van der Waals surface area contributed by atoms with E-state index in [4.69, 9.17) is 9.47 Å². The monoisotopic (exact) mass is 409 g/mol. The second-order valence-electron chi connectivity index (χ2n) is 8.88. The van der Waals surface area contributed by atoms with Gasteiger partial charge in [0, 0.05) is 32.0 Å². The van der Waals surface area contributed by atoms with Gasteiger partial charge in [-0.2, -0.15) is 0 Å². The van der Waals surface area contributed by atoms with Crippen LogP contribution in [0.4, 0.5) is 0 Å². The molecule has 166 valence electrons. The summed E-state index contributed by atoms with van der Waals surface area (Å²) in [6.45, 7) is 6.28. The van der Waals surface area contributed by atoms with E-state index in [1.807, 2.05) is 0 Å². The predicted octanol–water partition coefficient (Wildman–Crippen LogP) is 2.20. The van der Waals surface area contributed by atoms with Crippen molar-refractivity contribution in [2.75, 3.05) is 39.4 Å². The maximum absolute atomic E-state index is 12.5. The fraction of sp³-hybridized carbons (Fsp3) is 0.909. The van der Waals surface area contributed by atoms with E-state index >= 15 is 0 Å². The summed E-state index contributed by atoms with van der Waals surface area (Å²) in [7, 11) is 0. The van der Waals surface area contributed by atoms with E-state index in [1.165, 1.54) is 19.3 Å². The van der Waals surface area contributed by atoms with Crippen LogP contribution in [0.2, 0.25) is 0 Å². The van der Waals surface area contributed by atoms with Gasteiger partial charge in [0.1, 0.15) is 0 Å². The molecule has 1 aliphatic carbocycles. The first-order valence-electron chi connectivity index (χ1n) is 11.7. The number of rotatable bonds is 9. The maximum atomic E-state index is 12.5. The SMILES string of the molecule is CCCCCCNC(=O)C1CCCN(CC(=O)NC2CCC3(CC2)OCCO3)C1. The summed E-state index contributed by atoms with van der Waals surface area (Å²) in [6, 6.07) is 0.202. The zero-order valence-corrected chi connectivity index (χ0v) is 18.0. The zero-order chi connectivity index (χ0) is 20.5. The molecule has 0 radical (unpaired) electrons. The number of hydrogen-bond acceptors (Lipinski definition) is 5. The van der Waals surface area contributed by atoms with Gasteiger partial charge in [-0.1, -0.05) is 26.2 Å². The Labute approximate surface area is 175 Å². The van der Waals surface area contributed by atoms with Crippen LogP contribution in [0.5, 0.6) is 0 Å². The van der Waals surface area contributed by atoms with Gasteiger partial charge in [0.2, 0.25) is 11.8 Å². The molecule has 0 aromatic carbocycles. The van der Waals surface area contributed by atoms with Crippen LogP contribution in [0.25, 0.3) is 0 Å².